The highest BCUT2D eigenvalue weighted by Crippen LogP contribution is 2.22. The fourth-order valence-electron chi connectivity index (χ4n) is 2.69. The van der Waals surface area contributed by atoms with Crippen molar-refractivity contribution >= 4 is 23.4 Å². The van der Waals surface area contributed by atoms with E-state index in [-0.39, 0.29) is 36.1 Å². The summed E-state index contributed by atoms with van der Waals surface area (Å²) in [5, 5.41) is 6.58. The Bertz CT molecular complexity index is 500. The number of carbonyl (C=O) groups is 3. The highest BCUT2D eigenvalue weighted by Gasteiger charge is 2.31. The summed E-state index contributed by atoms with van der Waals surface area (Å²) in [5.41, 5.74) is 2.65. The van der Waals surface area contributed by atoms with Crippen LogP contribution in [0.2, 0.25) is 0 Å². The molecule has 0 radical (unpaired) electrons. The molecule has 7 nitrogen and oxygen atoms in total. The SMILES string of the molecule is C=CC(=O)N1CC(CNC(=O)C2=NNC(=O)CC2)CC1C. The predicted octanol–water partition coefficient (Wildman–Crippen LogP) is -0.208. The summed E-state index contributed by atoms with van der Waals surface area (Å²) in [6.45, 7) is 6.60. The zero-order valence-corrected chi connectivity index (χ0v) is 12.1. The van der Waals surface area contributed by atoms with Crippen molar-refractivity contribution in [3.63, 3.8) is 0 Å². The van der Waals surface area contributed by atoms with Crippen molar-refractivity contribution in [2.45, 2.75) is 32.2 Å². The molecule has 0 aliphatic carbocycles. The van der Waals surface area contributed by atoms with E-state index in [0.29, 0.717) is 25.2 Å². The third kappa shape index (κ3) is 3.68. The van der Waals surface area contributed by atoms with Crippen LogP contribution in [0, 0.1) is 5.92 Å². The minimum Gasteiger partial charge on any atom is -0.351 e. The number of likely N-dealkylation sites (tertiary alicyclic amines) is 1. The molecule has 21 heavy (non-hydrogen) atoms. The molecule has 2 unspecified atom stereocenters. The second-order valence-electron chi connectivity index (χ2n) is 5.45. The van der Waals surface area contributed by atoms with Gasteiger partial charge in [-0.25, -0.2) is 5.43 Å². The Labute approximate surface area is 123 Å². The predicted molar refractivity (Wildman–Crippen MR) is 77.3 cm³/mol. The Kier molecular flexibility index (Phi) is 4.72. The molecule has 2 N–H and O–H groups in total. The van der Waals surface area contributed by atoms with E-state index < -0.39 is 0 Å². The van der Waals surface area contributed by atoms with Crippen LogP contribution in [-0.2, 0) is 14.4 Å². The third-order valence-corrected chi connectivity index (χ3v) is 3.84. The van der Waals surface area contributed by atoms with E-state index in [2.05, 4.69) is 22.4 Å². The van der Waals surface area contributed by atoms with Gasteiger partial charge in [-0.2, -0.15) is 5.10 Å². The van der Waals surface area contributed by atoms with Gasteiger partial charge in [0.15, 0.2) is 0 Å². The molecule has 7 heteroatoms. The van der Waals surface area contributed by atoms with Crippen LogP contribution in [0.4, 0.5) is 0 Å². The number of amides is 3. The molecular formula is C14H20N4O3. The molecule has 0 aromatic rings. The van der Waals surface area contributed by atoms with Crippen LogP contribution in [-0.4, -0.2) is 47.5 Å². The molecule has 2 aliphatic rings. The topological polar surface area (TPSA) is 90.9 Å². The Hall–Kier alpha value is -2.18. The molecule has 2 rings (SSSR count). The molecule has 2 atom stereocenters. The molecule has 1 fully saturated rings. The lowest BCUT2D eigenvalue weighted by molar-refractivity contribution is -0.126. The van der Waals surface area contributed by atoms with Crippen molar-refractivity contribution in [2.24, 2.45) is 11.0 Å². The van der Waals surface area contributed by atoms with Gasteiger partial charge in [0, 0.05) is 32.0 Å². The highest BCUT2D eigenvalue weighted by molar-refractivity contribution is 6.39. The fourth-order valence-corrected chi connectivity index (χ4v) is 2.69. The number of rotatable bonds is 4. The third-order valence-electron chi connectivity index (χ3n) is 3.84. The van der Waals surface area contributed by atoms with Crippen LogP contribution in [0.25, 0.3) is 0 Å². The first-order valence-electron chi connectivity index (χ1n) is 7.08. The number of hydrazone groups is 1. The Morgan fingerprint density at radius 1 is 1.52 bits per heavy atom. The monoisotopic (exact) mass is 292 g/mol. The quantitative estimate of drug-likeness (QED) is 0.703. The van der Waals surface area contributed by atoms with Gasteiger partial charge in [-0.15, -0.1) is 0 Å². The van der Waals surface area contributed by atoms with E-state index in [4.69, 9.17) is 0 Å². The normalized spacial score (nSPS) is 25.1. The van der Waals surface area contributed by atoms with Crippen LogP contribution in [0.3, 0.4) is 0 Å². The van der Waals surface area contributed by atoms with E-state index in [1.165, 1.54) is 6.08 Å². The molecule has 3 amide bonds. The lowest BCUT2D eigenvalue weighted by Crippen LogP contribution is -2.39. The van der Waals surface area contributed by atoms with Crippen LogP contribution >= 0.6 is 0 Å². The summed E-state index contributed by atoms with van der Waals surface area (Å²) in [4.78, 5) is 36.3. The van der Waals surface area contributed by atoms with Gasteiger partial charge in [0.05, 0.1) is 0 Å². The van der Waals surface area contributed by atoms with Gasteiger partial charge in [-0.1, -0.05) is 6.58 Å². The van der Waals surface area contributed by atoms with Gasteiger partial charge in [0.1, 0.15) is 5.71 Å². The molecule has 2 aliphatic heterocycles. The first-order valence-corrected chi connectivity index (χ1v) is 7.08. The summed E-state index contributed by atoms with van der Waals surface area (Å²) in [6.07, 6.45) is 2.81. The standard InChI is InChI=1S/C14H20N4O3/c1-3-13(20)18-8-10(6-9(18)2)7-15-14(21)11-4-5-12(19)17-16-11/h3,9-10H,1,4-8H2,2H3,(H,15,21)(H,17,19). The van der Waals surface area contributed by atoms with Crippen LogP contribution in [0.1, 0.15) is 26.2 Å². The molecule has 0 spiro atoms. The number of nitrogens with one attached hydrogen (secondary N) is 2. The lowest BCUT2D eigenvalue weighted by atomic mass is 10.1. The first-order chi connectivity index (χ1) is 10.0. The van der Waals surface area contributed by atoms with Crippen molar-refractivity contribution in [1.29, 1.82) is 0 Å². The smallest absolute Gasteiger partial charge is 0.267 e. The molecular weight excluding hydrogens is 272 g/mol. The van der Waals surface area contributed by atoms with E-state index >= 15 is 0 Å². The van der Waals surface area contributed by atoms with E-state index in [9.17, 15) is 14.4 Å². The zero-order chi connectivity index (χ0) is 15.4. The van der Waals surface area contributed by atoms with Crippen LogP contribution in [0.15, 0.2) is 17.8 Å². The van der Waals surface area contributed by atoms with Crippen molar-refractivity contribution < 1.29 is 14.4 Å². The maximum absolute atomic E-state index is 11.9. The minimum atomic E-state index is -0.254. The molecule has 1 saturated heterocycles. The Balaban J connectivity index is 1.81. The fraction of sp³-hybridized carbons (Fsp3) is 0.571. The largest absolute Gasteiger partial charge is 0.351 e. The molecule has 0 bridgehead atoms. The summed E-state index contributed by atoms with van der Waals surface area (Å²) in [5.74, 6) is -0.270. The first kappa shape index (κ1) is 15.2. The second kappa shape index (κ2) is 6.51. The summed E-state index contributed by atoms with van der Waals surface area (Å²) < 4.78 is 0. The van der Waals surface area contributed by atoms with Crippen molar-refractivity contribution in [1.82, 2.24) is 15.6 Å². The van der Waals surface area contributed by atoms with Crippen molar-refractivity contribution in [2.75, 3.05) is 13.1 Å². The molecule has 0 saturated carbocycles. The summed E-state index contributed by atoms with van der Waals surface area (Å²) >= 11 is 0. The lowest BCUT2D eigenvalue weighted by Gasteiger charge is -2.19. The second-order valence-corrected chi connectivity index (χ2v) is 5.45. The molecule has 0 aromatic carbocycles. The van der Waals surface area contributed by atoms with Crippen molar-refractivity contribution in [3.05, 3.63) is 12.7 Å². The van der Waals surface area contributed by atoms with E-state index in [1.54, 1.807) is 4.90 Å². The molecule has 114 valence electrons. The number of carbonyl (C=O) groups excluding carboxylic acids is 3. The minimum absolute atomic E-state index is 0.0734. The van der Waals surface area contributed by atoms with Crippen LogP contribution in [0.5, 0.6) is 0 Å². The zero-order valence-electron chi connectivity index (χ0n) is 12.1. The van der Waals surface area contributed by atoms with E-state index in [1.807, 2.05) is 6.92 Å². The Morgan fingerprint density at radius 3 is 2.90 bits per heavy atom. The van der Waals surface area contributed by atoms with Gasteiger partial charge < -0.3 is 10.2 Å². The van der Waals surface area contributed by atoms with Gasteiger partial charge in [0.25, 0.3) is 5.91 Å². The summed E-state index contributed by atoms with van der Waals surface area (Å²) in [6, 6.07) is 0.156. The Morgan fingerprint density at radius 2 is 2.29 bits per heavy atom. The van der Waals surface area contributed by atoms with E-state index in [0.717, 1.165) is 6.42 Å². The molecule has 0 aromatic heterocycles. The number of nitrogens with zero attached hydrogens (tertiary/aromatic N) is 2. The van der Waals surface area contributed by atoms with Gasteiger partial charge in [-0.3, -0.25) is 14.4 Å². The van der Waals surface area contributed by atoms with Crippen LogP contribution < -0.4 is 10.7 Å². The number of hydrogen-bond donors (Lipinski definition) is 2. The summed E-state index contributed by atoms with van der Waals surface area (Å²) in [7, 11) is 0. The number of hydrogen-bond acceptors (Lipinski definition) is 4. The maximum Gasteiger partial charge on any atom is 0.267 e. The average Bonchev–Trinajstić information content (AvgIpc) is 2.86. The van der Waals surface area contributed by atoms with Gasteiger partial charge >= 0.3 is 0 Å². The van der Waals surface area contributed by atoms with Gasteiger partial charge in [-0.05, 0) is 25.3 Å². The van der Waals surface area contributed by atoms with Crippen molar-refractivity contribution in [3.8, 4) is 0 Å². The highest BCUT2D eigenvalue weighted by atomic mass is 16.2. The maximum atomic E-state index is 11.9. The average molecular weight is 292 g/mol. The van der Waals surface area contributed by atoms with Gasteiger partial charge in [0.2, 0.25) is 11.8 Å². The molecule has 2 heterocycles.